The van der Waals surface area contributed by atoms with E-state index in [4.69, 9.17) is 14.2 Å². The lowest BCUT2D eigenvalue weighted by Crippen LogP contribution is -2.43. The summed E-state index contributed by atoms with van der Waals surface area (Å²) in [6, 6.07) is 0. The van der Waals surface area contributed by atoms with Gasteiger partial charge in [0, 0.05) is 6.92 Å². The minimum absolute atomic E-state index is 0.133. The molecule has 0 radical (unpaired) electrons. The Morgan fingerprint density at radius 1 is 0.941 bits per heavy atom. The van der Waals surface area contributed by atoms with Gasteiger partial charge in [0.25, 0.3) is 0 Å². The van der Waals surface area contributed by atoms with Crippen molar-refractivity contribution in [2.24, 2.45) is 5.41 Å². The van der Waals surface area contributed by atoms with Gasteiger partial charge in [0.1, 0.15) is 6.61 Å². The van der Waals surface area contributed by atoms with Crippen molar-refractivity contribution in [1.82, 2.24) is 0 Å². The lowest BCUT2D eigenvalue weighted by atomic mass is 9.92. The molecule has 0 aromatic rings. The molecule has 6 nitrogen and oxygen atoms in total. The van der Waals surface area contributed by atoms with Crippen molar-refractivity contribution in [3.8, 4) is 0 Å². The summed E-state index contributed by atoms with van der Waals surface area (Å²) in [5.41, 5.74) is -1.61. The molecule has 0 saturated carbocycles. The summed E-state index contributed by atoms with van der Waals surface area (Å²) in [6.07, 6.45) is 0. The minimum Gasteiger partial charge on any atom is -0.465 e. The van der Waals surface area contributed by atoms with E-state index in [9.17, 15) is 14.4 Å². The van der Waals surface area contributed by atoms with E-state index < -0.39 is 23.3 Å². The van der Waals surface area contributed by atoms with Crippen LogP contribution in [0.1, 0.15) is 27.7 Å². The largest absolute Gasteiger partial charge is 0.465 e. The third-order valence-electron chi connectivity index (χ3n) is 2.02. The second-order valence-electron chi connectivity index (χ2n) is 3.55. The second-order valence-corrected chi connectivity index (χ2v) is 3.55. The zero-order valence-electron chi connectivity index (χ0n) is 10.6. The van der Waals surface area contributed by atoms with Crippen LogP contribution >= 0.6 is 0 Å². The summed E-state index contributed by atoms with van der Waals surface area (Å²) in [7, 11) is 0. The van der Waals surface area contributed by atoms with Gasteiger partial charge >= 0.3 is 17.9 Å². The van der Waals surface area contributed by atoms with Gasteiger partial charge in [-0.05, 0) is 20.8 Å². The van der Waals surface area contributed by atoms with E-state index in [0.717, 1.165) is 0 Å². The van der Waals surface area contributed by atoms with Crippen LogP contribution < -0.4 is 0 Å². The van der Waals surface area contributed by atoms with Crippen molar-refractivity contribution < 1.29 is 28.6 Å². The average molecular weight is 246 g/mol. The van der Waals surface area contributed by atoms with Crippen molar-refractivity contribution in [3.63, 3.8) is 0 Å². The molecule has 0 aliphatic rings. The van der Waals surface area contributed by atoms with Crippen LogP contribution in [-0.2, 0) is 28.6 Å². The van der Waals surface area contributed by atoms with E-state index >= 15 is 0 Å². The molecule has 0 atom stereocenters. The van der Waals surface area contributed by atoms with Crippen molar-refractivity contribution >= 4 is 17.9 Å². The third-order valence-corrected chi connectivity index (χ3v) is 2.02. The average Bonchev–Trinajstić information content (AvgIpc) is 2.26. The predicted molar refractivity (Wildman–Crippen MR) is 58.0 cm³/mol. The fourth-order valence-corrected chi connectivity index (χ4v) is 1.03. The maximum Gasteiger partial charge on any atom is 0.326 e. The van der Waals surface area contributed by atoms with E-state index in [1.165, 1.54) is 13.8 Å². The lowest BCUT2D eigenvalue weighted by molar-refractivity contribution is -0.176. The molecule has 6 heteroatoms. The molecule has 17 heavy (non-hydrogen) atoms. The molecule has 0 spiro atoms. The smallest absolute Gasteiger partial charge is 0.326 e. The molecule has 0 bridgehead atoms. The summed E-state index contributed by atoms with van der Waals surface area (Å²) in [4.78, 5) is 34.1. The molecule has 0 amide bonds. The Bertz CT molecular complexity index is 278. The fourth-order valence-electron chi connectivity index (χ4n) is 1.03. The molecule has 0 aromatic heterocycles. The summed E-state index contributed by atoms with van der Waals surface area (Å²) >= 11 is 0. The van der Waals surface area contributed by atoms with Crippen molar-refractivity contribution in [1.29, 1.82) is 0 Å². The molecule has 0 rings (SSSR count). The molecule has 0 saturated heterocycles. The van der Waals surface area contributed by atoms with E-state index in [-0.39, 0.29) is 19.8 Å². The number of esters is 3. The van der Waals surface area contributed by atoms with Gasteiger partial charge in [0.05, 0.1) is 13.2 Å². The molecule has 0 unspecified atom stereocenters. The highest BCUT2D eigenvalue weighted by Gasteiger charge is 2.45. The Balaban J connectivity index is 4.85. The predicted octanol–water partition coefficient (Wildman–Crippen LogP) is 0.682. The van der Waals surface area contributed by atoms with Crippen molar-refractivity contribution in [2.45, 2.75) is 27.7 Å². The van der Waals surface area contributed by atoms with Crippen LogP contribution in [0.2, 0.25) is 0 Å². The zero-order chi connectivity index (χ0) is 13.5. The number of carbonyl (C=O) groups is 3. The van der Waals surface area contributed by atoms with Crippen molar-refractivity contribution in [2.75, 3.05) is 19.8 Å². The molecular formula is C11H18O6. The molecular weight excluding hydrogens is 228 g/mol. The van der Waals surface area contributed by atoms with Gasteiger partial charge in [-0.25, -0.2) is 0 Å². The first kappa shape index (κ1) is 15.4. The Morgan fingerprint density at radius 2 is 1.35 bits per heavy atom. The van der Waals surface area contributed by atoms with Crippen molar-refractivity contribution in [3.05, 3.63) is 0 Å². The topological polar surface area (TPSA) is 78.9 Å². The SMILES string of the molecule is CCOC(=O)C(C)(COC(C)=O)C(=O)OCC. The first-order valence-corrected chi connectivity index (χ1v) is 5.36. The van der Waals surface area contributed by atoms with E-state index in [2.05, 4.69) is 0 Å². The summed E-state index contributed by atoms with van der Waals surface area (Å²) in [6.45, 7) is 5.63. The highest BCUT2D eigenvalue weighted by Crippen LogP contribution is 2.21. The minimum atomic E-state index is -1.61. The van der Waals surface area contributed by atoms with Crippen LogP contribution in [0.4, 0.5) is 0 Å². The van der Waals surface area contributed by atoms with E-state index in [1.807, 2.05) is 0 Å². The summed E-state index contributed by atoms with van der Waals surface area (Å²) < 4.78 is 14.3. The molecule has 98 valence electrons. The fraction of sp³-hybridized carbons (Fsp3) is 0.727. The van der Waals surface area contributed by atoms with Gasteiger partial charge < -0.3 is 14.2 Å². The number of ether oxygens (including phenoxy) is 3. The molecule has 0 aromatic carbocycles. The highest BCUT2D eigenvalue weighted by molar-refractivity contribution is 6.00. The van der Waals surface area contributed by atoms with Crippen LogP contribution in [0.3, 0.4) is 0 Å². The Morgan fingerprint density at radius 3 is 1.65 bits per heavy atom. The van der Waals surface area contributed by atoms with E-state index in [0.29, 0.717) is 0 Å². The van der Waals surface area contributed by atoms with Gasteiger partial charge in [0.15, 0.2) is 5.41 Å². The van der Waals surface area contributed by atoms with Crippen LogP contribution in [0.25, 0.3) is 0 Å². The molecule has 0 heterocycles. The lowest BCUT2D eigenvalue weighted by Gasteiger charge is -2.24. The van der Waals surface area contributed by atoms with Crippen LogP contribution in [0, 0.1) is 5.41 Å². The Kier molecular flexibility index (Phi) is 6.23. The number of carbonyl (C=O) groups excluding carboxylic acids is 3. The summed E-state index contributed by atoms with van der Waals surface area (Å²) in [5.74, 6) is -2.11. The van der Waals surface area contributed by atoms with Crippen LogP contribution in [0.5, 0.6) is 0 Å². The maximum atomic E-state index is 11.7. The first-order chi connectivity index (χ1) is 7.88. The molecule has 0 aliphatic heterocycles. The van der Waals surface area contributed by atoms with E-state index in [1.54, 1.807) is 13.8 Å². The maximum absolute atomic E-state index is 11.7. The standard InChI is InChI=1S/C11H18O6/c1-5-15-9(13)11(4,7-17-8(3)12)10(14)16-6-2/h5-7H2,1-4H3. The molecule has 0 N–H and O–H groups in total. The number of hydrogen-bond acceptors (Lipinski definition) is 6. The number of hydrogen-bond donors (Lipinski definition) is 0. The van der Waals surface area contributed by atoms with Gasteiger partial charge in [0.2, 0.25) is 0 Å². The normalized spacial score (nSPS) is 10.6. The van der Waals surface area contributed by atoms with Gasteiger partial charge in [-0.15, -0.1) is 0 Å². The highest BCUT2D eigenvalue weighted by atomic mass is 16.6. The molecule has 0 aliphatic carbocycles. The van der Waals surface area contributed by atoms with Crippen LogP contribution in [-0.4, -0.2) is 37.7 Å². The Labute approximate surface area is 100 Å². The van der Waals surface area contributed by atoms with Gasteiger partial charge in [-0.2, -0.15) is 0 Å². The number of rotatable bonds is 6. The van der Waals surface area contributed by atoms with Gasteiger partial charge in [-0.1, -0.05) is 0 Å². The Hall–Kier alpha value is -1.59. The quantitative estimate of drug-likeness (QED) is 0.389. The van der Waals surface area contributed by atoms with Crippen LogP contribution in [0.15, 0.2) is 0 Å². The molecule has 0 fully saturated rings. The second kappa shape index (κ2) is 6.88. The van der Waals surface area contributed by atoms with Gasteiger partial charge in [-0.3, -0.25) is 14.4 Å². The monoisotopic (exact) mass is 246 g/mol. The zero-order valence-corrected chi connectivity index (χ0v) is 10.6. The third kappa shape index (κ3) is 4.42. The first-order valence-electron chi connectivity index (χ1n) is 5.36. The summed E-state index contributed by atoms with van der Waals surface area (Å²) in [5, 5.41) is 0.